The zero-order chi connectivity index (χ0) is 14.5. The third-order valence-electron chi connectivity index (χ3n) is 4.24. The van der Waals surface area contributed by atoms with E-state index in [-0.39, 0.29) is 0 Å². The smallest absolute Gasteiger partial charge is 0.118 e. The van der Waals surface area contributed by atoms with Crippen LogP contribution in [-0.2, 0) is 13.1 Å². The van der Waals surface area contributed by atoms with Gasteiger partial charge in [0.25, 0.3) is 0 Å². The number of furan rings is 1. The average molecular weight is 278 g/mol. The fourth-order valence-corrected chi connectivity index (χ4v) is 3.31. The Bertz CT molecular complexity index is 405. The van der Waals surface area contributed by atoms with Crippen LogP contribution in [0.25, 0.3) is 0 Å². The van der Waals surface area contributed by atoms with E-state index in [0.717, 1.165) is 36.6 Å². The second-order valence-corrected chi connectivity index (χ2v) is 6.59. The molecule has 0 unspecified atom stereocenters. The standard InChI is InChI=1S/C17H30N2O/c1-13(2)11-19(16-7-5-6-8-16)12-15-9-17(10-18-4)20-14(15)3/h9,13,16,18H,5-8,10-12H2,1-4H3. The van der Waals surface area contributed by atoms with Crippen LogP contribution in [0.2, 0.25) is 0 Å². The molecule has 0 aromatic carbocycles. The Morgan fingerprint density at radius 1 is 1.35 bits per heavy atom. The Labute approximate surface area is 123 Å². The van der Waals surface area contributed by atoms with Gasteiger partial charge in [-0.2, -0.15) is 0 Å². The molecule has 0 saturated heterocycles. The molecule has 1 aromatic rings. The molecule has 0 spiro atoms. The predicted octanol–water partition coefficient (Wildman–Crippen LogP) is 3.71. The van der Waals surface area contributed by atoms with Crippen LogP contribution in [0.5, 0.6) is 0 Å². The van der Waals surface area contributed by atoms with E-state index in [9.17, 15) is 0 Å². The summed E-state index contributed by atoms with van der Waals surface area (Å²) in [4.78, 5) is 2.68. The van der Waals surface area contributed by atoms with Crippen LogP contribution in [-0.4, -0.2) is 24.5 Å². The minimum absolute atomic E-state index is 0.722. The van der Waals surface area contributed by atoms with E-state index in [0.29, 0.717) is 0 Å². The molecule has 20 heavy (non-hydrogen) atoms. The summed E-state index contributed by atoms with van der Waals surface area (Å²) in [5.74, 6) is 2.86. The monoisotopic (exact) mass is 278 g/mol. The summed E-state index contributed by atoms with van der Waals surface area (Å²) >= 11 is 0. The first-order valence-corrected chi connectivity index (χ1v) is 8.07. The number of nitrogens with zero attached hydrogens (tertiary/aromatic N) is 1. The van der Waals surface area contributed by atoms with Gasteiger partial charge in [-0.3, -0.25) is 4.90 Å². The van der Waals surface area contributed by atoms with Gasteiger partial charge in [0.15, 0.2) is 0 Å². The van der Waals surface area contributed by atoms with Gasteiger partial charge in [0.2, 0.25) is 0 Å². The molecule has 0 radical (unpaired) electrons. The van der Waals surface area contributed by atoms with Crippen LogP contribution >= 0.6 is 0 Å². The normalized spacial score (nSPS) is 16.7. The zero-order valence-corrected chi connectivity index (χ0v) is 13.5. The van der Waals surface area contributed by atoms with Crippen molar-refractivity contribution in [3.8, 4) is 0 Å². The number of nitrogens with one attached hydrogen (secondary N) is 1. The van der Waals surface area contributed by atoms with Crippen LogP contribution in [0, 0.1) is 12.8 Å². The molecule has 1 aliphatic carbocycles. The van der Waals surface area contributed by atoms with Crippen molar-refractivity contribution >= 4 is 0 Å². The average Bonchev–Trinajstić information content (AvgIpc) is 2.99. The van der Waals surface area contributed by atoms with Crippen molar-refractivity contribution in [2.75, 3.05) is 13.6 Å². The molecule has 1 aliphatic rings. The first-order valence-electron chi connectivity index (χ1n) is 8.07. The fraction of sp³-hybridized carbons (Fsp3) is 0.765. The highest BCUT2D eigenvalue weighted by Crippen LogP contribution is 2.27. The second kappa shape index (κ2) is 7.28. The van der Waals surface area contributed by atoms with Crippen LogP contribution in [0.4, 0.5) is 0 Å². The van der Waals surface area contributed by atoms with Crippen LogP contribution in [0.15, 0.2) is 10.5 Å². The van der Waals surface area contributed by atoms with E-state index in [2.05, 4.69) is 37.1 Å². The quantitative estimate of drug-likeness (QED) is 0.824. The maximum atomic E-state index is 5.83. The van der Waals surface area contributed by atoms with E-state index in [1.165, 1.54) is 37.8 Å². The molecule has 0 aliphatic heterocycles. The molecule has 1 fully saturated rings. The van der Waals surface area contributed by atoms with E-state index in [1.54, 1.807) is 0 Å². The topological polar surface area (TPSA) is 28.4 Å². The minimum atomic E-state index is 0.722. The molecule has 0 amide bonds. The summed E-state index contributed by atoms with van der Waals surface area (Å²) in [7, 11) is 1.96. The maximum absolute atomic E-state index is 5.83. The third kappa shape index (κ3) is 4.10. The lowest BCUT2D eigenvalue weighted by Gasteiger charge is -2.30. The van der Waals surface area contributed by atoms with Crippen molar-refractivity contribution in [1.29, 1.82) is 0 Å². The second-order valence-electron chi connectivity index (χ2n) is 6.59. The van der Waals surface area contributed by atoms with Gasteiger partial charge in [0.1, 0.15) is 11.5 Å². The molecule has 114 valence electrons. The van der Waals surface area contributed by atoms with Gasteiger partial charge >= 0.3 is 0 Å². The van der Waals surface area contributed by atoms with Crippen LogP contribution in [0.3, 0.4) is 0 Å². The van der Waals surface area contributed by atoms with Crippen molar-refractivity contribution in [3.05, 3.63) is 23.2 Å². The highest BCUT2D eigenvalue weighted by Gasteiger charge is 2.24. The minimum Gasteiger partial charge on any atom is -0.465 e. The Kier molecular flexibility index (Phi) is 5.67. The highest BCUT2D eigenvalue weighted by molar-refractivity contribution is 5.21. The molecule has 1 heterocycles. The van der Waals surface area contributed by atoms with Crippen molar-refractivity contribution in [2.45, 2.75) is 65.6 Å². The molecule has 0 atom stereocenters. The zero-order valence-electron chi connectivity index (χ0n) is 13.5. The summed E-state index contributed by atoms with van der Waals surface area (Å²) < 4.78 is 5.83. The summed E-state index contributed by atoms with van der Waals surface area (Å²) in [5.41, 5.74) is 1.36. The maximum Gasteiger partial charge on any atom is 0.118 e. The highest BCUT2D eigenvalue weighted by atomic mass is 16.3. The third-order valence-corrected chi connectivity index (χ3v) is 4.24. The molecule has 1 N–H and O–H groups in total. The molecule has 2 rings (SSSR count). The molecule has 0 bridgehead atoms. The van der Waals surface area contributed by atoms with Crippen LogP contribution < -0.4 is 5.32 Å². The van der Waals surface area contributed by atoms with Crippen LogP contribution in [0.1, 0.15) is 56.6 Å². The number of hydrogen-bond donors (Lipinski definition) is 1. The van der Waals surface area contributed by atoms with Crippen molar-refractivity contribution in [3.63, 3.8) is 0 Å². The summed E-state index contributed by atoms with van der Waals surface area (Å²) in [6.45, 7) is 9.77. The molecular formula is C17H30N2O. The van der Waals surface area contributed by atoms with Gasteiger partial charge in [-0.05, 0) is 38.8 Å². The number of hydrogen-bond acceptors (Lipinski definition) is 3. The van der Waals surface area contributed by atoms with Gasteiger partial charge in [-0.1, -0.05) is 26.7 Å². The lowest BCUT2D eigenvalue weighted by molar-refractivity contribution is 0.168. The molecule has 3 heteroatoms. The Morgan fingerprint density at radius 3 is 2.65 bits per heavy atom. The molecule has 1 saturated carbocycles. The van der Waals surface area contributed by atoms with Gasteiger partial charge in [0, 0.05) is 24.7 Å². The number of rotatable bonds is 7. The van der Waals surface area contributed by atoms with Gasteiger partial charge in [-0.15, -0.1) is 0 Å². The van der Waals surface area contributed by atoms with E-state index in [1.807, 2.05) is 7.05 Å². The summed E-state index contributed by atoms with van der Waals surface area (Å²) in [6.07, 6.45) is 5.53. The Morgan fingerprint density at radius 2 is 2.05 bits per heavy atom. The molecule has 1 aromatic heterocycles. The predicted molar refractivity (Wildman–Crippen MR) is 83.7 cm³/mol. The Hall–Kier alpha value is -0.800. The van der Waals surface area contributed by atoms with E-state index in [4.69, 9.17) is 4.42 Å². The Balaban J connectivity index is 2.05. The number of aryl methyl sites for hydroxylation is 1. The van der Waals surface area contributed by atoms with Crippen molar-refractivity contribution < 1.29 is 4.42 Å². The first-order chi connectivity index (χ1) is 9.60. The summed E-state index contributed by atoms with van der Waals surface area (Å²) in [5, 5.41) is 3.16. The van der Waals surface area contributed by atoms with Gasteiger partial charge in [0.05, 0.1) is 6.54 Å². The van der Waals surface area contributed by atoms with Crippen molar-refractivity contribution in [2.24, 2.45) is 5.92 Å². The van der Waals surface area contributed by atoms with E-state index >= 15 is 0 Å². The van der Waals surface area contributed by atoms with E-state index < -0.39 is 0 Å². The lowest BCUT2D eigenvalue weighted by Crippen LogP contribution is -2.35. The van der Waals surface area contributed by atoms with Gasteiger partial charge in [-0.25, -0.2) is 0 Å². The van der Waals surface area contributed by atoms with Crippen molar-refractivity contribution in [1.82, 2.24) is 10.2 Å². The van der Waals surface area contributed by atoms with Gasteiger partial charge < -0.3 is 9.73 Å². The fourth-order valence-electron chi connectivity index (χ4n) is 3.31. The molecular weight excluding hydrogens is 248 g/mol. The molecule has 3 nitrogen and oxygen atoms in total. The summed E-state index contributed by atoms with van der Waals surface area (Å²) in [6, 6.07) is 3.01. The lowest BCUT2D eigenvalue weighted by atomic mass is 10.1. The SMILES string of the molecule is CNCc1cc(CN(CC(C)C)C2CCCC2)c(C)o1. The largest absolute Gasteiger partial charge is 0.465 e. The first kappa shape index (κ1) is 15.6.